The fraction of sp³-hybridized carbons (Fsp3) is 0.231. The summed E-state index contributed by atoms with van der Waals surface area (Å²) in [6.07, 6.45) is 6.77. The van der Waals surface area contributed by atoms with Crippen molar-refractivity contribution in [1.82, 2.24) is 15.3 Å². The molecule has 0 radical (unpaired) electrons. The van der Waals surface area contributed by atoms with Crippen molar-refractivity contribution in [3.05, 3.63) is 30.6 Å². The van der Waals surface area contributed by atoms with Crippen LogP contribution in [-0.2, 0) is 0 Å². The molecule has 0 aliphatic heterocycles. The normalized spacial score (nSPS) is 10.3. The summed E-state index contributed by atoms with van der Waals surface area (Å²) >= 11 is 1.72. The Labute approximate surface area is 105 Å². The van der Waals surface area contributed by atoms with Gasteiger partial charge in [0.15, 0.2) is 0 Å². The minimum Gasteiger partial charge on any atom is -0.305 e. The van der Waals surface area contributed by atoms with Gasteiger partial charge in [0.05, 0.1) is 12.1 Å². The first-order valence-electron chi connectivity index (χ1n) is 5.38. The van der Waals surface area contributed by atoms with Gasteiger partial charge in [0.25, 0.3) is 0 Å². The Morgan fingerprint density at radius 3 is 3.06 bits per heavy atom. The number of benzene rings is 1. The largest absolute Gasteiger partial charge is 0.305 e. The Bertz CT molecular complexity index is 528. The number of para-hydroxylation sites is 1. The van der Waals surface area contributed by atoms with E-state index < -0.39 is 0 Å². The summed E-state index contributed by atoms with van der Waals surface area (Å²) in [6.45, 7) is 1.50. The molecular formula is C13H13N3S. The highest BCUT2D eigenvalue weighted by molar-refractivity contribution is 7.99. The first-order valence-corrected chi connectivity index (χ1v) is 6.37. The Hall–Kier alpha value is -1.57. The number of nitrogens with one attached hydrogen (secondary N) is 1. The lowest BCUT2D eigenvalue weighted by Gasteiger charge is -2.04. The quantitative estimate of drug-likeness (QED) is 0.377. The van der Waals surface area contributed by atoms with Crippen LogP contribution in [0.4, 0.5) is 0 Å². The molecule has 0 saturated carbocycles. The first kappa shape index (κ1) is 11.9. The highest BCUT2D eigenvalue weighted by Gasteiger charge is 2.02. The summed E-state index contributed by atoms with van der Waals surface area (Å²) in [5, 5.41) is 5.29. The average molecular weight is 243 g/mol. The van der Waals surface area contributed by atoms with Crippen LogP contribution in [0, 0.1) is 12.3 Å². The molecule has 1 heterocycles. The minimum absolute atomic E-state index is 0.616. The van der Waals surface area contributed by atoms with Crippen LogP contribution in [0.15, 0.2) is 35.6 Å². The van der Waals surface area contributed by atoms with Crippen molar-refractivity contribution in [2.24, 2.45) is 0 Å². The van der Waals surface area contributed by atoms with Gasteiger partial charge in [-0.15, -0.1) is 18.2 Å². The number of fused-ring (bicyclic) bond motifs is 1. The number of hydrogen-bond donors (Lipinski definition) is 1. The van der Waals surface area contributed by atoms with Crippen LogP contribution in [0.2, 0.25) is 0 Å². The molecule has 1 aromatic heterocycles. The molecule has 3 nitrogen and oxygen atoms in total. The standard InChI is InChI=1S/C13H13N3S/c1-2-7-14-8-9-17-13-11-5-3-4-6-12(11)15-10-16-13/h1,3-6,10,14H,7-9H2. The molecule has 17 heavy (non-hydrogen) atoms. The van der Waals surface area contributed by atoms with E-state index in [2.05, 4.69) is 21.2 Å². The Morgan fingerprint density at radius 2 is 2.18 bits per heavy atom. The summed E-state index contributed by atoms with van der Waals surface area (Å²) in [4.78, 5) is 8.54. The molecule has 0 atom stereocenters. The number of thioether (sulfide) groups is 1. The second kappa shape index (κ2) is 6.24. The van der Waals surface area contributed by atoms with E-state index in [1.165, 1.54) is 0 Å². The molecule has 1 aromatic carbocycles. The fourth-order valence-electron chi connectivity index (χ4n) is 1.48. The molecule has 0 aliphatic rings. The van der Waals surface area contributed by atoms with Crippen LogP contribution >= 0.6 is 11.8 Å². The zero-order valence-corrected chi connectivity index (χ0v) is 10.2. The Morgan fingerprint density at radius 1 is 1.29 bits per heavy atom. The van der Waals surface area contributed by atoms with Crippen molar-refractivity contribution >= 4 is 22.7 Å². The lowest BCUT2D eigenvalue weighted by molar-refractivity contribution is 0.818. The maximum absolute atomic E-state index is 5.16. The summed E-state index contributed by atoms with van der Waals surface area (Å²) in [5.74, 6) is 3.50. The van der Waals surface area contributed by atoms with Crippen molar-refractivity contribution in [1.29, 1.82) is 0 Å². The molecule has 0 bridgehead atoms. The molecule has 2 aromatic rings. The van der Waals surface area contributed by atoms with E-state index in [-0.39, 0.29) is 0 Å². The molecule has 0 unspecified atom stereocenters. The van der Waals surface area contributed by atoms with E-state index in [0.29, 0.717) is 6.54 Å². The van der Waals surface area contributed by atoms with Crippen LogP contribution in [0.3, 0.4) is 0 Å². The van der Waals surface area contributed by atoms with Crippen LogP contribution in [0.5, 0.6) is 0 Å². The summed E-state index contributed by atoms with van der Waals surface area (Å²) in [6, 6.07) is 8.04. The van der Waals surface area contributed by atoms with Crippen molar-refractivity contribution in [3.8, 4) is 12.3 Å². The molecule has 1 N–H and O–H groups in total. The van der Waals surface area contributed by atoms with Crippen molar-refractivity contribution < 1.29 is 0 Å². The summed E-state index contributed by atoms with van der Waals surface area (Å²) < 4.78 is 0. The lowest BCUT2D eigenvalue weighted by atomic mass is 10.2. The minimum atomic E-state index is 0.616. The van der Waals surface area contributed by atoms with Gasteiger partial charge in [0.1, 0.15) is 11.4 Å². The number of nitrogens with zero attached hydrogens (tertiary/aromatic N) is 2. The lowest BCUT2D eigenvalue weighted by Crippen LogP contribution is -2.16. The second-order valence-corrected chi connectivity index (χ2v) is 4.51. The summed E-state index contributed by atoms with van der Waals surface area (Å²) in [5.41, 5.74) is 0.988. The van der Waals surface area contributed by atoms with E-state index in [1.54, 1.807) is 18.1 Å². The predicted molar refractivity (Wildman–Crippen MR) is 72.0 cm³/mol. The van der Waals surface area contributed by atoms with Gasteiger partial charge in [-0.25, -0.2) is 9.97 Å². The number of terminal acetylenes is 1. The number of hydrogen-bond acceptors (Lipinski definition) is 4. The first-order chi connectivity index (χ1) is 8.42. The molecular weight excluding hydrogens is 230 g/mol. The zero-order valence-electron chi connectivity index (χ0n) is 9.39. The van der Waals surface area contributed by atoms with Gasteiger partial charge in [0, 0.05) is 17.7 Å². The summed E-state index contributed by atoms with van der Waals surface area (Å²) in [7, 11) is 0. The Balaban J connectivity index is 2.01. The topological polar surface area (TPSA) is 37.8 Å². The van der Waals surface area contributed by atoms with E-state index in [9.17, 15) is 0 Å². The third-order valence-corrected chi connectivity index (χ3v) is 3.26. The monoisotopic (exact) mass is 243 g/mol. The van der Waals surface area contributed by atoms with Crippen LogP contribution < -0.4 is 5.32 Å². The van der Waals surface area contributed by atoms with E-state index >= 15 is 0 Å². The van der Waals surface area contributed by atoms with Crippen molar-refractivity contribution in [3.63, 3.8) is 0 Å². The van der Waals surface area contributed by atoms with Gasteiger partial charge in [-0.05, 0) is 6.07 Å². The van der Waals surface area contributed by atoms with Crippen molar-refractivity contribution in [2.75, 3.05) is 18.8 Å². The second-order valence-electron chi connectivity index (χ2n) is 3.43. The maximum Gasteiger partial charge on any atom is 0.117 e. The van der Waals surface area contributed by atoms with Gasteiger partial charge in [0.2, 0.25) is 0 Å². The predicted octanol–water partition coefficient (Wildman–Crippen LogP) is 1.94. The van der Waals surface area contributed by atoms with Crippen LogP contribution in [0.25, 0.3) is 10.9 Å². The molecule has 2 rings (SSSR count). The van der Waals surface area contributed by atoms with Gasteiger partial charge < -0.3 is 5.32 Å². The van der Waals surface area contributed by atoms with Gasteiger partial charge in [-0.3, -0.25) is 0 Å². The Kier molecular flexibility index (Phi) is 4.37. The molecule has 0 spiro atoms. The fourth-order valence-corrected chi connectivity index (χ4v) is 2.37. The van der Waals surface area contributed by atoms with Crippen LogP contribution in [0.1, 0.15) is 0 Å². The third kappa shape index (κ3) is 3.19. The van der Waals surface area contributed by atoms with E-state index in [1.807, 2.05) is 24.3 Å². The molecule has 0 amide bonds. The average Bonchev–Trinajstić information content (AvgIpc) is 2.39. The van der Waals surface area contributed by atoms with E-state index in [4.69, 9.17) is 6.42 Å². The maximum atomic E-state index is 5.16. The van der Waals surface area contributed by atoms with Gasteiger partial charge in [-0.2, -0.15) is 0 Å². The highest BCUT2D eigenvalue weighted by atomic mass is 32.2. The number of aromatic nitrogens is 2. The third-order valence-electron chi connectivity index (χ3n) is 2.25. The SMILES string of the molecule is C#CCNCCSc1ncnc2ccccc12. The molecule has 0 aliphatic carbocycles. The number of rotatable bonds is 5. The van der Waals surface area contributed by atoms with Gasteiger partial charge in [-0.1, -0.05) is 24.1 Å². The van der Waals surface area contributed by atoms with Crippen LogP contribution in [-0.4, -0.2) is 28.8 Å². The molecule has 86 valence electrons. The van der Waals surface area contributed by atoms with E-state index in [0.717, 1.165) is 28.2 Å². The molecule has 4 heteroatoms. The highest BCUT2D eigenvalue weighted by Crippen LogP contribution is 2.23. The zero-order chi connectivity index (χ0) is 11.9. The van der Waals surface area contributed by atoms with Crippen molar-refractivity contribution in [2.45, 2.75) is 5.03 Å². The smallest absolute Gasteiger partial charge is 0.117 e. The molecule has 0 saturated heterocycles. The molecule has 0 fully saturated rings. The van der Waals surface area contributed by atoms with Gasteiger partial charge >= 0.3 is 0 Å².